The third-order valence-corrected chi connectivity index (χ3v) is 1.73. The Bertz CT molecular complexity index is 486. The normalized spacial score (nSPS) is 11.1. The zero-order valence-electron chi connectivity index (χ0n) is 6.51. The van der Waals surface area contributed by atoms with E-state index in [0.29, 0.717) is 22.8 Å². The molecule has 3 rings (SSSR count). The van der Waals surface area contributed by atoms with Crippen LogP contribution in [0.2, 0.25) is 0 Å². The van der Waals surface area contributed by atoms with Crippen molar-refractivity contribution in [3.63, 3.8) is 0 Å². The molecule has 0 bridgehead atoms. The first-order valence-corrected chi connectivity index (χ1v) is 3.76. The molecule has 0 atom stereocenters. The summed E-state index contributed by atoms with van der Waals surface area (Å²) < 4.78 is 5.44. The molecule has 0 spiro atoms. The molecule has 0 N–H and O–H groups in total. The molecular formula is C8H4N4O. The number of hydrogen-bond acceptors (Lipinski definition) is 5. The second-order valence-electron chi connectivity index (χ2n) is 2.57. The van der Waals surface area contributed by atoms with Crippen LogP contribution in [0.5, 0.6) is 0 Å². The van der Waals surface area contributed by atoms with Crippen molar-refractivity contribution < 1.29 is 4.42 Å². The van der Waals surface area contributed by atoms with E-state index in [9.17, 15) is 0 Å². The summed E-state index contributed by atoms with van der Waals surface area (Å²) in [7, 11) is 0. The molecule has 5 nitrogen and oxygen atoms in total. The van der Waals surface area contributed by atoms with E-state index in [4.69, 9.17) is 4.42 Å². The SMILES string of the molecule is c1cnc2nc3nncc-3oc2c1. The lowest BCUT2D eigenvalue weighted by Gasteiger charge is -1.97. The zero-order chi connectivity index (χ0) is 8.67. The molecule has 62 valence electrons. The van der Waals surface area contributed by atoms with Crippen molar-refractivity contribution in [1.82, 2.24) is 20.2 Å². The molecule has 1 aromatic rings. The van der Waals surface area contributed by atoms with Gasteiger partial charge in [0.05, 0.1) is 6.20 Å². The number of hydrogen-bond donors (Lipinski definition) is 0. The summed E-state index contributed by atoms with van der Waals surface area (Å²) in [6.45, 7) is 0. The van der Waals surface area contributed by atoms with Crippen LogP contribution in [0.15, 0.2) is 28.9 Å². The summed E-state index contributed by atoms with van der Waals surface area (Å²) >= 11 is 0. The first-order chi connectivity index (χ1) is 6.43. The highest BCUT2D eigenvalue weighted by molar-refractivity contribution is 5.70. The summed E-state index contributed by atoms with van der Waals surface area (Å²) in [5.74, 6) is 1.08. The first kappa shape index (κ1) is 6.47. The van der Waals surface area contributed by atoms with Gasteiger partial charge in [0, 0.05) is 6.20 Å². The van der Waals surface area contributed by atoms with Crippen LogP contribution < -0.4 is 0 Å². The van der Waals surface area contributed by atoms with Gasteiger partial charge in [0.25, 0.3) is 0 Å². The van der Waals surface area contributed by atoms with Crippen LogP contribution in [-0.2, 0) is 0 Å². The summed E-state index contributed by atoms with van der Waals surface area (Å²) in [4.78, 5) is 8.20. The van der Waals surface area contributed by atoms with Gasteiger partial charge in [0.2, 0.25) is 5.82 Å². The van der Waals surface area contributed by atoms with E-state index in [1.54, 1.807) is 12.3 Å². The highest BCUT2D eigenvalue weighted by Gasteiger charge is 2.11. The summed E-state index contributed by atoms with van der Waals surface area (Å²) in [5.41, 5.74) is 1.19. The minimum atomic E-state index is 0.492. The van der Waals surface area contributed by atoms with E-state index in [0.717, 1.165) is 0 Å². The molecule has 0 unspecified atom stereocenters. The van der Waals surface area contributed by atoms with Gasteiger partial charge in [-0.3, -0.25) is 0 Å². The van der Waals surface area contributed by atoms with Crippen molar-refractivity contribution in [2.45, 2.75) is 0 Å². The van der Waals surface area contributed by atoms with Crippen LogP contribution in [0.25, 0.3) is 22.8 Å². The molecule has 0 radical (unpaired) electrons. The maximum absolute atomic E-state index is 5.44. The smallest absolute Gasteiger partial charge is 0.221 e. The van der Waals surface area contributed by atoms with Crippen molar-refractivity contribution in [3.8, 4) is 11.6 Å². The predicted molar refractivity (Wildman–Crippen MR) is 44.0 cm³/mol. The molecule has 0 aliphatic carbocycles. The highest BCUT2D eigenvalue weighted by Crippen LogP contribution is 2.20. The highest BCUT2D eigenvalue weighted by atomic mass is 16.3. The van der Waals surface area contributed by atoms with Crippen molar-refractivity contribution in [2.24, 2.45) is 0 Å². The van der Waals surface area contributed by atoms with E-state index in [1.165, 1.54) is 6.20 Å². The topological polar surface area (TPSA) is 64.7 Å². The monoisotopic (exact) mass is 172 g/mol. The van der Waals surface area contributed by atoms with E-state index in [1.807, 2.05) is 6.07 Å². The second-order valence-corrected chi connectivity index (χ2v) is 2.57. The number of fused-ring (bicyclic) bond motifs is 2. The van der Waals surface area contributed by atoms with Crippen LogP contribution in [-0.4, -0.2) is 20.2 Å². The summed E-state index contributed by atoms with van der Waals surface area (Å²) in [5, 5.41) is 7.46. The standard InChI is InChI=1S/C8H4N4O/c1-2-5-7(9-3-1)11-8-6(13-5)4-10-12-8/h1-4H. The summed E-state index contributed by atoms with van der Waals surface area (Å²) in [6.07, 6.45) is 3.20. The van der Waals surface area contributed by atoms with Gasteiger partial charge in [0.1, 0.15) is 0 Å². The molecule has 0 amide bonds. The van der Waals surface area contributed by atoms with E-state index in [-0.39, 0.29) is 0 Å². The average Bonchev–Trinajstić information content (AvgIpc) is 2.61. The third-order valence-electron chi connectivity index (χ3n) is 1.73. The Balaban J connectivity index is 2.52. The lowest BCUT2D eigenvalue weighted by Crippen LogP contribution is -1.87. The molecule has 2 aliphatic heterocycles. The minimum absolute atomic E-state index is 0.492. The Hall–Kier alpha value is -2.04. The molecule has 0 fully saturated rings. The summed E-state index contributed by atoms with van der Waals surface area (Å²) in [6, 6.07) is 3.60. The van der Waals surface area contributed by atoms with Gasteiger partial charge in [0.15, 0.2) is 17.0 Å². The van der Waals surface area contributed by atoms with Crippen molar-refractivity contribution in [3.05, 3.63) is 24.5 Å². The molecule has 5 heteroatoms. The molecule has 2 aliphatic rings. The average molecular weight is 172 g/mol. The fourth-order valence-electron chi connectivity index (χ4n) is 1.16. The predicted octanol–water partition coefficient (Wildman–Crippen LogP) is 1.12. The zero-order valence-corrected chi connectivity index (χ0v) is 6.51. The van der Waals surface area contributed by atoms with Gasteiger partial charge in [-0.2, -0.15) is 5.10 Å². The lowest BCUT2D eigenvalue weighted by molar-refractivity contribution is 0.611. The lowest BCUT2D eigenvalue weighted by atomic mass is 10.4. The van der Waals surface area contributed by atoms with Crippen LogP contribution in [0, 0.1) is 0 Å². The molecule has 0 aromatic carbocycles. The van der Waals surface area contributed by atoms with E-state index < -0.39 is 0 Å². The first-order valence-electron chi connectivity index (χ1n) is 3.76. The fraction of sp³-hybridized carbons (Fsp3) is 0. The van der Waals surface area contributed by atoms with E-state index in [2.05, 4.69) is 20.2 Å². The van der Waals surface area contributed by atoms with Gasteiger partial charge in [-0.1, -0.05) is 0 Å². The van der Waals surface area contributed by atoms with Crippen LogP contribution in [0.4, 0.5) is 0 Å². The van der Waals surface area contributed by atoms with Gasteiger partial charge in [-0.15, -0.1) is 5.10 Å². The maximum atomic E-state index is 5.44. The Morgan fingerprint density at radius 1 is 1.31 bits per heavy atom. The van der Waals surface area contributed by atoms with Gasteiger partial charge < -0.3 is 4.42 Å². The number of nitrogens with zero attached hydrogens (tertiary/aromatic N) is 4. The van der Waals surface area contributed by atoms with Crippen molar-refractivity contribution in [2.75, 3.05) is 0 Å². The quantitative estimate of drug-likeness (QED) is 0.508. The second kappa shape index (κ2) is 2.22. The molecular weight excluding hydrogens is 168 g/mol. The van der Waals surface area contributed by atoms with Gasteiger partial charge in [-0.25, -0.2) is 9.97 Å². The molecule has 0 saturated heterocycles. The minimum Gasteiger partial charge on any atom is -0.448 e. The third kappa shape index (κ3) is 0.868. The van der Waals surface area contributed by atoms with Crippen LogP contribution in [0.1, 0.15) is 0 Å². The Morgan fingerprint density at radius 2 is 2.31 bits per heavy atom. The van der Waals surface area contributed by atoms with Crippen LogP contribution >= 0.6 is 0 Å². The van der Waals surface area contributed by atoms with Gasteiger partial charge >= 0.3 is 0 Å². The number of pyridine rings is 1. The van der Waals surface area contributed by atoms with E-state index >= 15 is 0 Å². The van der Waals surface area contributed by atoms with Crippen molar-refractivity contribution >= 4 is 11.2 Å². The largest absolute Gasteiger partial charge is 0.448 e. The molecule has 0 saturated carbocycles. The Morgan fingerprint density at radius 3 is 3.31 bits per heavy atom. The van der Waals surface area contributed by atoms with Crippen molar-refractivity contribution in [1.29, 1.82) is 0 Å². The maximum Gasteiger partial charge on any atom is 0.221 e. The molecule has 13 heavy (non-hydrogen) atoms. The molecule has 3 heterocycles. The van der Waals surface area contributed by atoms with Gasteiger partial charge in [-0.05, 0) is 12.1 Å². The molecule has 1 aromatic heterocycles. The van der Waals surface area contributed by atoms with Crippen LogP contribution in [0.3, 0.4) is 0 Å². The Kier molecular flexibility index (Phi) is 1.11. The number of rotatable bonds is 0. The Labute approximate surface area is 72.8 Å². The fourth-order valence-corrected chi connectivity index (χ4v) is 1.16. The number of aromatic nitrogens is 4.